The number of anilines is 1. The van der Waals surface area contributed by atoms with Gasteiger partial charge in [-0.05, 0) is 32.4 Å². The Morgan fingerprint density at radius 1 is 1.44 bits per heavy atom. The lowest BCUT2D eigenvalue weighted by molar-refractivity contribution is 0.268. The largest absolute Gasteiger partial charge is 0.364 e. The van der Waals surface area contributed by atoms with Gasteiger partial charge in [-0.1, -0.05) is 12.1 Å². The summed E-state index contributed by atoms with van der Waals surface area (Å²) < 4.78 is 13.6. The van der Waals surface area contributed by atoms with Crippen molar-refractivity contribution in [2.24, 2.45) is 0 Å². The third kappa shape index (κ3) is 2.46. The van der Waals surface area contributed by atoms with Crippen LogP contribution in [0.1, 0.15) is 20.3 Å². The molecule has 1 aromatic carbocycles. The maximum Gasteiger partial charge on any atom is 0.146 e. The van der Waals surface area contributed by atoms with Gasteiger partial charge in [-0.2, -0.15) is 5.26 Å². The fourth-order valence-corrected chi connectivity index (χ4v) is 2.32. The zero-order valence-electron chi connectivity index (χ0n) is 10.8. The lowest BCUT2D eigenvalue weighted by atomic mass is 10.00. The molecule has 1 heterocycles. The maximum atomic E-state index is 13.6. The molecule has 1 atom stereocenters. The lowest BCUT2D eigenvalue weighted by Crippen LogP contribution is -2.41. The molecule has 0 aliphatic carbocycles. The molecule has 96 valence electrons. The first-order valence-electron chi connectivity index (χ1n) is 6.24. The van der Waals surface area contributed by atoms with Gasteiger partial charge in [-0.15, -0.1) is 0 Å². The van der Waals surface area contributed by atoms with Gasteiger partial charge in [0, 0.05) is 19.1 Å². The first kappa shape index (κ1) is 12.8. The molecule has 1 fully saturated rings. The fraction of sp³-hybridized carbons (Fsp3) is 0.500. The number of nitrogens with one attached hydrogen (secondary N) is 1. The number of hydrogen-bond acceptors (Lipinski definition) is 3. The Kier molecular flexibility index (Phi) is 3.53. The quantitative estimate of drug-likeness (QED) is 0.892. The Balaban J connectivity index is 2.17. The van der Waals surface area contributed by atoms with Crippen molar-refractivity contribution in [1.82, 2.24) is 4.90 Å². The summed E-state index contributed by atoms with van der Waals surface area (Å²) in [6, 6.07) is 9.22. The second-order valence-electron chi connectivity index (χ2n) is 5.11. The molecular weight excluding hydrogens is 229 g/mol. The average molecular weight is 247 g/mol. The van der Waals surface area contributed by atoms with Gasteiger partial charge in [-0.3, -0.25) is 4.90 Å². The van der Waals surface area contributed by atoms with Crippen LogP contribution in [0, 0.1) is 17.1 Å². The number of hydrogen-bond donors (Lipinski definition) is 1. The molecular formula is C14H18FN3. The number of nitrogens with zero attached hydrogens (tertiary/aromatic N) is 2. The number of halogens is 1. The normalized spacial score (nSPS) is 24.2. The minimum atomic E-state index is -0.674. The van der Waals surface area contributed by atoms with Crippen molar-refractivity contribution in [2.45, 2.75) is 31.8 Å². The summed E-state index contributed by atoms with van der Waals surface area (Å²) in [5.74, 6) is -0.310. The van der Waals surface area contributed by atoms with Crippen LogP contribution in [0.4, 0.5) is 10.1 Å². The molecule has 1 aliphatic heterocycles. The van der Waals surface area contributed by atoms with E-state index in [1.165, 1.54) is 6.07 Å². The molecule has 0 aromatic heterocycles. The Hall–Kier alpha value is -1.60. The van der Waals surface area contributed by atoms with Crippen LogP contribution in [0.5, 0.6) is 0 Å². The van der Waals surface area contributed by atoms with Crippen LogP contribution in [0.2, 0.25) is 0 Å². The summed E-state index contributed by atoms with van der Waals surface area (Å²) in [4.78, 5) is 2.23. The van der Waals surface area contributed by atoms with Gasteiger partial charge in [-0.25, -0.2) is 4.39 Å². The van der Waals surface area contributed by atoms with Crippen LogP contribution in [0.25, 0.3) is 0 Å². The molecule has 1 N–H and O–H groups in total. The van der Waals surface area contributed by atoms with Gasteiger partial charge >= 0.3 is 0 Å². The van der Waals surface area contributed by atoms with Crippen LogP contribution < -0.4 is 5.32 Å². The van der Waals surface area contributed by atoms with Gasteiger partial charge < -0.3 is 5.32 Å². The summed E-state index contributed by atoms with van der Waals surface area (Å²) in [6.07, 6.45) is 0.718. The second-order valence-corrected chi connectivity index (χ2v) is 5.11. The van der Waals surface area contributed by atoms with E-state index in [0.29, 0.717) is 18.3 Å². The van der Waals surface area contributed by atoms with E-state index in [2.05, 4.69) is 30.1 Å². The van der Waals surface area contributed by atoms with E-state index in [4.69, 9.17) is 0 Å². The Morgan fingerprint density at radius 3 is 2.72 bits per heavy atom. The van der Waals surface area contributed by atoms with Crippen LogP contribution in [-0.2, 0) is 0 Å². The third-order valence-electron chi connectivity index (χ3n) is 3.49. The molecule has 0 spiro atoms. The number of likely N-dealkylation sites (tertiary alicyclic amines) is 1. The Morgan fingerprint density at radius 2 is 2.17 bits per heavy atom. The summed E-state index contributed by atoms with van der Waals surface area (Å²) in [6.45, 7) is 5.72. The highest BCUT2D eigenvalue weighted by Crippen LogP contribution is 2.28. The third-order valence-corrected chi connectivity index (χ3v) is 3.49. The second kappa shape index (κ2) is 4.95. The molecule has 1 unspecified atom stereocenters. The van der Waals surface area contributed by atoms with Crippen LogP contribution in [0.3, 0.4) is 0 Å². The predicted molar refractivity (Wildman–Crippen MR) is 69.7 cm³/mol. The molecule has 0 amide bonds. The van der Waals surface area contributed by atoms with E-state index < -0.39 is 5.54 Å². The highest BCUT2D eigenvalue weighted by atomic mass is 19.1. The van der Waals surface area contributed by atoms with Crippen molar-refractivity contribution in [1.29, 1.82) is 5.26 Å². The van der Waals surface area contributed by atoms with E-state index in [9.17, 15) is 9.65 Å². The number of nitriles is 1. The smallest absolute Gasteiger partial charge is 0.146 e. The topological polar surface area (TPSA) is 39.1 Å². The Labute approximate surface area is 107 Å². The molecule has 0 radical (unpaired) electrons. The van der Waals surface area contributed by atoms with Crippen molar-refractivity contribution in [3.8, 4) is 6.07 Å². The molecule has 1 saturated heterocycles. The Bertz CT molecular complexity index is 466. The molecule has 3 nitrogen and oxygen atoms in total. The van der Waals surface area contributed by atoms with Crippen LogP contribution >= 0.6 is 0 Å². The van der Waals surface area contributed by atoms with E-state index in [-0.39, 0.29) is 5.82 Å². The molecule has 1 aliphatic rings. The van der Waals surface area contributed by atoms with Gasteiger partial charge in [0.15, 0.2) is 0 Å². The van der Waals surface area contributed by atoms with Gasteiger partial charge in [0.1, 0.15) is 11.4 Å². The predicted octanol–water partition coefficient (Wildman–Crippen LogP) is 2.61. The minimum absolute atomic E-state index is 0.310. The van der Waals surface area contributed by atoms with Gasteiger partial charge in [0.2, 0.25) is 0 Å². The molecule has 4 heteroatoms. The van der Waals surface area contributed by atoms with Crippen molar-refractivity contribution >= 4 is 5.69 Å². The molecule has 0 bridgehead atoms. The SMILES string of the molecule is CC(C)N1CCC(C#N)(Nc2ccccc2F)C1. The van der Waals surface area contributed by atoms with Crippen molar-refractivity contribution in [3.63, 3.8) is 0 Å². The van der Waals surface area contributed by atoms with E-state index in [0.717, 1.165) is 13.0 Å². The van der Waals surface area contributed by atoms with E-state index in [1.807, 2.05) is 0 Å². The zero-order chi connectivity index (χ0) is 13.2. The average Bonchev–Trinajstić information content (AvgIpc) is 2.77. The minimum Gasteiger partial charge on any atom is -0.364 e. The number of benzene rings is 1. The summed E-state index contributed by atoms with van der Waals surface area (Å²) in [5.41, 5.74) is -0.267. The summed E-state index contributed by atoms with van der Waals surface area (Å²) in [5, 5.41) is 12.5. The van der Waals surface area contributed by atoms with E-state index >= 15 is 0 Å². The standard InChI is InChI=1S/C14H18FN3/c1-11(2)18-8-7-14(9-16,10-18)17-13-6-4-3-5-12(13)15/h3-6,11,17H,7-8,10H2,1-2H3. The first-order chi connectivity index (χ1) is 8.56. The highest BCUT2D eigenvalue weighted by Gasteiger charge is 2.39. The number of para-hydroxylation sites is 1. The monoisotopic (exact) mass is 247 g/mol. The molecule has 2 rings (SSSR count). The van der Waals surface area contributed by atoms with Gasteiger partial charge in [0.05, 0.1) is 11.8 Å². The van der Waals surface area contributed by atoms with Crippen LogP contribution in [0.15, 0.2) is 24.3 Å². The maximum absolute atomic E-state index is 13.6. The molecule has 18 heavy (non-hydrogen) atoms. The summed E-state index contributed by atoms with van der Waals surface area (Å²) >= 11 is 0. The van der Waals surface area contributed by atoms with Gasteiger partial charge in [0.25, 0.3) is 0 Å². The van der Waals surface area contributed by atoms with Crippen molar-refractivity contribution in [2.75, 3.05) is 18.4 Å². The fourth-order valence-electron chi connectivity index (χ4n) is 2.32. The molecule has 1 aromatic rings. The number of rotatable bonds is 3. The summed E-state index contributed by atoms with van der Waals surface area (Å²) in [7, 11) is 0. The van der Waals surface area contributed by atoms with E-state index in [1.54, 1.807) is 18.2 Å². The zero-order valence-corrected chi connectivity index (χ0v) is 10.8. The van der Waals surface area contributed by atoms with Crippen molar-refractivity contribution < 1.29 is 4.39 Å². The highest BCUT2D eigenvalue weighted by molar-refractivity contribution is 5.49. The van der Waals surface area contributed by atoms with Crippen LogP contribution in [-0.4, -0.2) is 29.6 Å². The first-order valence-corrected chi connectivity index (χ1v) is 6.24. The lowest BCUT2D eigenvalue weighted by Gasteiger charge is -2.26. The molecule has 0 saturated carbocycles. The van der Waals surface area contributed by atoms with Crippen molar-refractivity contribution in [3.05, 3.63) is 30.1 Å².